The highest BCUT2D eigenvalue weighted by Gasteiger charge is 2.30. The van der Waals surface area contributed by atoms with Gasteiger partial charge in [0.05, 0.1) is 7.11 Å². The van der Waals surface area contributed by atoms with Crippen molar-refractivity contribution in [2.24, 2.45) is 5.73 Å². The second kappa shape index (κ2) is 6.73. The van der Waals surface area contributed by atoms with E-state index in [1.54, 1.807) is 13.2 Å². The zero-order chi connectivity index (χ0) is 15.5. The van der Waals surface area contributed by atoms with Crippen LogP contribution in [0.2, 0.25) is 0 Å². The van der Waals surface area contributed by atoms with E-state index in [1.807, 2.05) is 12.1 Å². The molecule has 1 fully saturated rings. The minimum Gasteiger partial charge on any atom is -0.497 e. The van der Waals surface area contributed by atoms with Crippen LogP contribution < -0.4 is 19.9 Å². The maximum absolute atomic E-state index is 10.4. The van der Waals surface area contributed by atoms with Gasteiger partial charge in [-0.2, -0.15) is 0 Å². The molecule has 22 heavy (non-hydrogen) atoms. The number of hydrogen-bond donors (Lipinski definition) is 2. The van der Waals surface area contributed by atoms with E-state index in [-0.39, 0.29) is 6.10 Å². The first-order valence-electron chi connectivity index (χ1n) is 7.79. The summed E-state index contributed by atoms with van der Waals surface area (Å²) in [6.07, 6.45) is 1.04. The summed E-state index contributed by atoms with van der Waals surface area (Å²) >= 11 is 0. The van der Waals surface area contributed by atoms with Gasteiger partial charge in [-0.25, -0.2) is 0 Å². The fourth-order valence-electron chi connectivity index (χ4n) is 2.90. The molecule has 3 rings (SSSR count). The lowest BCUT2D eigenvalue weighted by atomic mass is 10.0. The molecular formula is C16H24N2O4. The zero-order valence-corrected chi connectivity index (χ0v) is 12.9. The van der Waals surface area contributed by atoms with E-state index in [9.17, 15) is 5.11 Å². The van der Waals surface area contributed by atoms with Gasteiger partial charge in [0, 0.05) is 18.7 Å². The van der Waals surface area contributed by atoms with E-state index in [1.165, 1.54) is 0 Å². The minimum atomic E-state index is -0.579. The Labute approximate surface area is 130 Å². The number of piperidine rings is 1. The molecule has 2 unspecified atom stereocenters. The summed E-state index contributed by atoms with van der Waals surface area (Å²) in [7, 11) is 1.61. The van der Waals surface area contributed by atoms with Crippen molar-refractivity contribution in [3.63, 3.8) is 0 Å². The Balaban J connectivity index is 1.57. The number of aliphatic hydroxyl groups is 1. The standard InChI is InChI=1S/C16H24N2O4/c1-20-12-2-3-14-15(8-12)21-10-16(22-14)13(19)9-18-6-4-11(17)5-7-18/h2-3,8,11,13,16,19H,4-7,9-10,17H2,1H3. The predicted molar refractivity (Wildman–Crippen MR) is 82.6 cm³/mol. The second-order valence-corrected chi connectivity index (χ2v) is 5.99. The van der Waals surface area contributed by atoms with Crippen LogP contribution >= 0.6 is 0 Å². The minimum absolute atomic E-state index is 0.296. The van der Waals surface area contributed by atoms with E-state index in [2.05, 4.69) is 4.90 Å². The predicted octanol–water partition coefficient (Wildman–Crippen LogP) is 0.619. The highest BCUT2D eigenvalue weighted by atomic mass is 16.6. The number of likely N-dealkylation sites (tertiary alicyclic amines) is 1. The molecule has 0 bridgehead atoms. The number of nitrogens with two attached hydrogens (primary N) is 1. The van der Waals surface area contributed by atoms with Gasteiger partial charge >= 0.3 is 0 Å². The summed E-state index contributed by atoms with van der Waals surface area (Å²) in [5.74, 6) is 2.04. The number of hydrogen-bond acceptors (Lipinski definition) is 6. The number of aliphatic hydroxyl groups excluding tert-OH is 1. The fourth-order valence-corrected chi connectivity index (χ4v) is 2.90. The molecule has 2 heterocycles. The maximum Gasteiger partial charge on any atom is 0.165 e. The lowest BCUT2D eigenvalue weighted by Gasteiger charge is -2.35. The first-order chi connectivity index (χ1) is 10.7. The smallest absolute Gasteiger partial charge is 0.165 e. The summed E-state index contributed by atoms with van der Waals surface area (Å²) in [6, 6.07) is 5.73. The van der Waals surface area contributed by atoms with E-state index in [0.29, 0.717) is 30.7 Å². The van der Waals surface area contributed by atoms with E-state index in [4.69, 9.17) is 19.9 Å². The summed E-state index contributed by atoms with van der Waals surface area (Å²) in [4.78, 5) is 2.24. The summed E-state index contributed by atoms with van der Waals surface area (Å²) in [5, 5.41) is 10.4. The molecule has 0 amide bonds. The largest absolute Gasteiger partial charge is 0.497 e. The fraction of sp³-hybridized carbons (Fsp3) is 0.625. The van der Waals surface area contributed by atoms with Gasteiger partial charge < -0.3 is 30.0 Å². The third kappa shape index (κ3) is 3.45. The lowest BCUT2D eigenvalue weighted by Crippen LogP contribution is -2.49. The van der Waals surface area contributed by atoms with Gasteiger partial charge in [0.2, 0.25) is 0 Å². The molecular weight excluding hydrogens is 284 g/mol. The molecule has 2 aliphatic rings. The molecule has 6 nitrogen and oxygen atoms in total. The quantitative estimate of drug-likeness (QED) is 0.849. The Morgan fingerprint density at radius 3 is 2.86 bits per heavy atom. The molecule has 0 spiro atoms. The van der Waals surface area contributed by atoms with Crippen LogP contribution in [0.4, 0.5) is 0 Å². The van der Waals surface area contributed by atoms with Crippen LogP contribution in [0.5, 0.6) is 17.2 Å². The third-order valence-corrected chi connectivity index (χ3v) is 4.34. The summed E-state index contributed by atoms with van der Waals surface area (Å²) in [5.41, 5.74) is 5.90. The van der Waals surface area contributed by atoms with Crippen molar-refractivity contribution in [2.45, 2.75) is 31.1 Å². The Bertz CT molecular complexity index is 503. The first-order valence-corrected chi connectivity index (χ1v) is 7.79. The van der Waals surface area contributed by atoms with Crippen molar-refractivity contribution in [3.05, 3.63) is 18.2 Å². The molecule has 2 aliphatic heterocycles. The molecule has 0 aromatic heterocycles. The molecule has 1 aromatic carbocycles. The molecule has 0 saturated carbocycles. The number of rotatable bonds is 4. The molecule has 3 N–H and O–H groups in total. The molecule has 122 valence electrons. The van der Waals surface area contributed by atoms with Crippen LogP contribution in [0.15, 0.2) is 18.2 Å². The Morgan fingerprint density at radius 2 is 2.14 bits per heavy atom. The van der Waals surface area contributed by atoms with Crippen LogP contribution in [0.3, 0.4) is 0 Å². The van der Waals surface area contributed by atoms with Crippen molar-refractivity contribution >= 4 is 0 Å². The lowest BCUT2D eigenvalue weighted by molar-refractivity contribution is -0.0280. The van der Waals surface area contributed by atoms with Crippen LogP contribution in [0.25, 0.3) is 0 Å². The SMILES string of the molecule is COc1ccc2c(c1)OCC(C(O)CN1CCC(N)CC1)O2. The van der Waals surface area contributed by atoms with Crippen LogP contribution in [0, 0.1) is 0 Å². The number of β-amino-alcohol motifs (C(OH)–C–C–N with tert-alkyl or cyclic N) is 1. The van der Waals surface area contributed by atoms with E-state index < -0.39 is 6.10 Å². The normalized spacial score (nSPS) is 24.0. The monoisotopic (exact) mass is 308 g/mol. The Morgan fingerprint density at radius 1 is 1.36 bits per heavy atom. The topological polar surface area (TPSA) is 77.2 Å². The van der Waals surface area contributed by atoms with Gasteiger partial charge in [-0.3, -0.25) is 0 Å². The van der Waals surface area contributed by atoms with Gasteiger partial charge in [0.1, 0.15) is 18.5 Å². The van der Waals surface area contributed by atoms with Crippen molar-refractivity contribution in [2.75, 3.05) is 33.4 Å². The van der Waals surface area contributed by atoms with Crippen molar-refractivity contribution < 1.29 is 19.3 Å². The first kappa shape index (κ1) is 15.4. The molecule has 2 atom stereocenters. The van der Waals surface area contributed by atoms with Gasteiger partial charge in [0.15, 0.2) is 17.6 Å². The third-order valence-electron chi connectivity index (χ3n) is 4.34. The Kier molecular flexibility index (Phi) is 4.71. The number of nitrogens with zero attached hydrogens (tertiary/aromatic N) is 1. The van der Waals surface area contributed by atoms with Gasteiger partial charge in [-0.1, -0.05) is 0 Å². The van der Waals surface area contributed by atoms with Gasteiger partial charge in [0.25, 0.3) is 0 Å². The number of fused-ring (bicyclic) bond motifs is 1. The van der Waals surface area contributed by atoms with Gasteiger partial charge in [-0.05, 0) is 38.1 Å². The van der Waals surface area contributed by atoms with Gasteiger partial charge in [-0.15, -0.1) is 0 Å². The molecule has 0 radical (unpaired) electrons. The zero-order valence-electron chi connectivity index (χ0n) is 12.9. The van der Waals surface area contributed by atoms with Crippen molar-refractivity contribution in [1.29, 1.82) is 0 Å². The maximum atomic E-state index is 10.4. The molecule has 6 heteroatoms. The average molecular weight is 308 g/mol. The highest BCUT2D eigenvalue weighted by Crippen LogP contribution is 2.35. The number of benzene rings is 1. The van der Waals surface area contributed by atoms with Crippen molar-refractivity contribution in [3.8, 4) is 17.2 Å². The molecule has 0 aliphatic carbocycles. The average Bonchev–Trinajstić information content (AvgIpc) is 2.56. The summed E-state index contributed by atoms with van der Waals surface area (Å²) in [6.45, 7) is 2.79. The van der Waals surface area contributed by atoms with Crippen LogP contribution in [-0.2, 0) is 0 Å². The molecule has 1 aromatic rings. The number of methoxy groups -OCH3 is 1. The second-order valence-electron chi connectivity index (χ2n) is 5.99. The van der Waals surface area contributed by atoms with Crippen LogP contribution in [-0.4, -0.2) is 61.6 Å². The Hall–Kier alpha value is -1.50. The molecule has 1 saturated heterocycles. The van der Waals surface area contributed by atoms with E-state index >= 15 is 0 Å². The van der Waals surface area contributed by atoms with Crippen LogP contribution in [0.1, 0.15) is 12.8 Å². The number of ether oxygens (including phenoxy) is 3. The van der Waals surface area contributed by atoms with E-state index in [0.717, 1.165) is 31.7 Å². The van der Waals surface area contributed by atoms with Crippen molar-refractivity contribution in [1.82, 2.24) is 4.90 Å². The highest BCUT2D eigenvalue weighted by molar-refractivity contribution is 5.46. The summed E-state index contributed by atoms with van der Waals surface area (Å²) < 4.78 is 16.7.